The fourth-order valence-corrected chi connectivity index (χ4v) is 2.98. The number of nitrogens with one attached hydrogen (secondary N) is 2. The van der Waals surface area contributed by atoms with Crippen molar-refractivity contribution in [3.05, 3.63) is 66.1 Å². The lowest BCUT2D eigenvalue weighted by atomic mass is 10.1. The number of carbonyl (C=O) groups is 2. The third-order valence-electron chi connectivity index (χ3n) is 4.61. The number of amides is 2. The Labute approximate surface area is 158 Å². The Morgan fingerprint density at radius 1 is 1.11 bits per heavy atom. The Morgan fingerprint density at radius 3 is 2.70 bits per heavy atom. The molecule has 27 heavy (non-hydrogen) atoms. The van der Waals surface area contributed by atoms with E-state index in [-0.39, 0.29) is 18.2 Å². The molecule has 2 heterocycles. The summed E-state index contributed by atoms with van der Waals surface area (Å²) in [4.78, 5) is 33.0. The van der Waals surface area contributed by atoms with E-state index in [1.807, 2.05) is 36.5 Å². The number of nitrogens with zero attached hydrogens (tertiary/aromatic N) is 2. The number of hydrogen-bond donors (Lipinski definition) is 2. The Hall–Kier alpha value is -3.15. The number of benzene rings is 1. The maximum absolute atomic E-state index is 12.2. The zero-order valence-electron chi connectivity index (χ0n) is 15.4. The summed E-state index contributed by atoms with van der Waals surface area (Å²) in [5.74, 6) is -0.413. The van der Waals surface area contributed by atoms with Gasteiger partial charge in [-0.05, 0) is 42.2 Å². The van der Waals surface area contributed by atoms with E-state index in [0.717, 1.165) is 29.5 Å². The highest BCUT2D eigenvalue weighted by Gasteiger charge is 2.14. The van der Waals surface area contributed by atoms with Crippen molar-refractivity contribution in [2.45, 2.75) is 19.3 Å². The molecule has 0 aliphatic heterocycles. The van der Waals surface area contributed by atoms with Crippen molar-refractivity contribution < 1.29 is 9.59 Å². The second kappa shape index (κ2) is 8.98. The van der Waals surface area contributed by atoms with Crippen LogP contribution in [-0.4, -0.2) is 46.8 Å². The molecule has 2 N–H and O–H groups in total. The summed E-state index contributed by atoms with van der Waals surface area (Å²) in [6.45, 7) is 1.08. The van der Waals surface area contributed by atoms with Gasteiger partial charge >= 0.3 is 0 Å². The topological polar surface area (TPSA) is 78.1 Å². The molecule has 0 aliphatic rings. The number of aromatic nitrogens is 2. The number of pyridine rings is 1. The van der Waals surface area contributed by atoms with Gasteiger partial charge in [-0.25, -0.2) is 0 Å². The highest BCUT2D eigenvalue weighted by Crippen LogP contribution is 2.17. The fourth-order valence-electron chi connectivity index (χ4n) is 2.98. The van der Waals surface area contributed by atoms with Crippen LogP contribution in [0.2, 0.25) is 0 Å². The van der Waals surface area contributed by atoms with E-state index in [2.05, 4.69) is 21.4 Å². The van der Waals surface area contributed by atoms with Gasteiger partial charge in [0.05, 0.1) is 0 Å². The SMILES string of the molecule is CN(CCc1ccncc1)C(=O)CC(=O)NCCc1c[nH]c2ccccc12. The number of H-pyrrole nitrogens is 1. The molecule has 0 fully saturated rings. The lowest BCUT2D eigenvalue weighted by molar-refractivity contribution is -0.135. The molecular weight excluding hydrogens is 340 g/mol. The first-order valence-corrected chi connectivity index (χ1v) is 9.08. The molecule has 3 rings (SSSR count). The molecule has 0 atom stereocenters. The fraction of sp³-hybridized carbons (Fsp3) is 0.286. The number of carbonyl (C=O) groups excluding carboxylic acids is 2. The quantitative estimate of drug-likeness (QED) is 0.602. The maximum Gasteiger partial charge on any atom is 0.231 e. The summed E-state index contributed by atoms with van der Waals surface area (Å²) in [6, 6.07) is 11.9. The summed E-state index contributed by atoms with van der Waals surface area (Å²) < 4.78 is 0. The van der Waals surface area contributed by atoms with Gasteiger partial charge < -0.3 is 15.2 Å². The van der Waals surface area contributed by atoms with E-state index in [4.69, 9.17) is 0 Å². The molecule has 6 nitrogen and oxygen atoms in total. The van der Waals surface area contributed by atoms with E-state index in [1.165, 1.54) is 5.39 Å². The molecule has 0 radical (unpaired) electrons. The minimum absolute atomic E-state index is 0.124. The summed E-state index contributed by atoms with van der Waals surface area (Å²) in [5, 5.41) is 4.00. The molecular formula is C21H24N4O2. The number of aromatic amines is 1. The lowest BCUT2D eigenvalue weighted by Gasteiger charge is -2.17. The second-order valence-electron chi connectivity index (χ2n) is 6.56. The molecule has 0 unspecified atom stereocenters. The van der Waals surface area contributed by atoms with Crippen LogP contribution in [0.15, 0.2) is 55.0 Å². The van der Waals surface area contributed by atoms with Crippen LogP contribution in [-0.2, 0) is 22.4 Å². The molecule has 6 heteroatoms. The maximum atomic E-state index is 12.2. The van der Waals surface area contributed by atoms with Gasteiger partial charge in [0.1, 0.15) is 6.42 Å². The van der Waals surface area contributed by atoms with E-state index in [9.17, 15) is 9.59 Å². The van der Waals surface area contributed by atoms with Gasteiger partial charge in [0, 0.05) is 49.6 Å². The Morgan fingerprint density at radius 2 is 1.89 bits per heavy atom. The smallest absolute Gasteiger partial charge is 0.231 e. The lowest BCUT2D eigenvalue weighted by Crippen LogP contribution is -2.35. The number of rotatable bonds is 8. The molecule has 0 saturated heterocycles. The highest BCUT2D eigenvalue weighted by atomic mass is 16.2. The molecule has 140 valence electrons. The van der Waals surface area contributed by atoms with Crippen molar-refractivity contribution in [1.29, 1.82) is 0 Å². The first kappa shape index (κ1) is 18.6. The molecule has 2 aromatic heterocycles. The summed E-state index contributed by atoms with van der Waals surface area (Å²) >= 11 is 0. The van der Waals surface area contributed by atoms with Crippen molar-refractivity contribution in [2.75, 3.05) is 20.1 Å². The minimum atomic E-state index is -0.240. The summed E-state index contributed by atoms with van der Waals surface area (Å²) in [6.07, 6.45) is 6.78. The third-order valence-corrected chi connectivity index (χ3v) is 4.61. The van der Waals surface area contributed by atoms with Crippen LogP contribution in [0.1, 0.15) is 17.5 Å². The number of para-hydroxylation sites is 1. The van der Waals surface area contributed by atoms with Gasteiger partial charge in [0.2, 0.25) is 11.8 Å². The van der Waals surface area contributed by atoms with Crippen LogP contribution in [0, 0.1) is 0 Å². The van der Waals surface area contributed by atoms with E-state index >= 15 is 0 Å². The van der Waals surface area contributed by atoms with E-state index < -0.39 is 0 Å². The number of hydrogen-bond acceptors (Lipinski definition) is 3. The minimum Gasteiger partial charge on any atom is -0.361 e. The first-order valence-electron chi connectivity index (χ1n) is 9.08. The van der Waals surface area contributed by atoms with Crippen molar-refractivity contribution in [1.82, 2.24) is 20.2 Å². The molecule has 0 aliphatic carbocycles. The number of likely N-dealkylation sites (N-methyl/N-ethyl adjacent to an activating group) is 1. The zero-order valence-corrected chi connectivity index (χ0v) is 15.4. The number of fused-ring (bicyclic) bond motifs is 1. The average molecular weight is 364 g/mol. The predicted molar refractivity (Wildman–Crippen MR) is 105 cm³/mol. The van der Waals surface area contributed by atoms with Gasteiger partial charge in [-0.3, -0.25) is 14.6 Å². The highest BCUT2D eigenvalue weighted by molar-refractivity contribution is 5.96. The monoisotopic (exact) mass is 364 g/mol. The normalized spacial score (nSPS) is 10.7. The average Bonchev–Trinajstić information content (AvgIpc) is 3.10. The van der Waals surface area contributed by atoms with Crippen LogP contribution in [0.4, 0.5) is 0 Å². The molecule has 2 amide bonds. The van der Waals surface area contributed by atoms with Crippen LogP contribution in [0.3, 0.4) is 0 Å². The van der Waals surface area contributed by atoms with Gasteiger partial charge in [-0.15, -0.1) is 0 Å². The predicted octanol–water partition coefficient (Wildman–Crippen LogP) is 2.31. The largest absolute Gasteiger partial charge is 0.361 e. The van der Waals surface area contributed by atoms with Gasteiger partial charge in [0.15, 0.2) is 0 Å². The van der Waals surface area contributed by atoms with E-state index in [0.29, 0.717) is 13.1 Å². The molecule has 0 spiro atoms. The van der Waals surface area contributed by atoms with Crippen molar-refractivity contribution in [3.8, 4) is 0 Å². The van der Waals surface area contributed by atoms with Gasteiger partial charge in [-0.1, -0.05) is 18.2 Å². The van der Waals surface area contributed by atoms with Crippen LogP contribution >= 0.6 is 0 Å². The standard InChI is InChI=1S/C21H24N4O2/c1-25(13-9-16-6-10-22-11-7-16)21(27)14-20(26)23-12-8-17-15-24-19-5-3-2-4-18(17)19/h2-7,10-11,15,24H,8-9,12-14H2,1H3,(H,23,26). The second-order valence-corrected chi connectivity index (χ2v) is 6.56. The zero-order chi connectivity index (χ0) is 19.1. The van der Waals surface area contributed by atoms with Crippen molar-refractivity contribution >= 4 is 22.7 Å². The molecule has 0 saturated carbocycles. The Kier molecular flexibility index (Phi) is 6.20. The van der Waals surface area contributed by atoms with Gasteiger partial charge in [-0.2, -0.15) is 0 Å². The van der Waals surface area contributed by atoms with E-state index in [1.54, 1.807) is 24.3 Å². The van der Waals surface area contributed by atoms with Crippen LogP contribution < -0.4 is 5.32 Å². The Balaban J connectivity index is 1.40. The molecule has 0 bridgehead atoms. The molecule has 1 aromatic carbocycles. The third kappa shape index (κ3) is 5.17. The molecule has 3 aromatic rings. The van der Waals surface area contributed by atoms with Crippen molar-refractivity contribution in [3.63, 3.8) is 0 Å². The first-order chi connectivity index (χ1) is 13.1. The van der Waals surface area contributed by atoms with Crippen LogP contribution in [0.5, 0.6) is 0 Å². The summed E-state index contributed by atoms with van der Waals surface area (Å²) in [5.41, 5.74) is 3.37. The Bertz CT molecular complexity index is 905. The van der Waals surface area contributed by atoms with Crippen molar-refractivity contribution in [2.24, 2.45) is 0 Å². The van der Waals surface area contributed by atoms with Crippen LogP contribution in [0.25, 0.3) is 10.9 Å². The summed E-state index contributed by atoms with van der Waals surface area (Å²) in [7, 11) is 1.72. The van der Waals surface area contributed by atoms with Gasteiger partial charge in [0.25, 0.3) is 0 Å².